The van der Waals surface area contributed by atoms with Gasteiger partial charge in [0.25, 0.3) is 0 Å². The molecule has 0 aliphatic carbocycles. The maximum Gasteiger partial charge on any atom is 0.405 e. The molecule has 0 radical (unpaired) electrons. The summed E-state index contributed by atoms with van der Waals surface area (Å²) in [5.74, 6) is 0.778. The van der Waals surface area contributed by atoms with Crippen molar-refractivity contribution in [2.45, 2.75) is 32.0 Å². The minimum absolute atomic E-state index is 0.168. The average Bonchev–Trinajstić information content (AvgIpc) is 2.45. The Labute approximate surface area is 126 Å². The molecule has 1 aromatic rings. The summed E-state index contributed by atoms with van der Waals surface area (Å²) in [7, 11) is 0. The van der Waals surface area contributed by atoms with E-state index >= 15 is 0 Å². The molecule has 8 heteroatoms. The summed E-state index contributed by atoms with van der Waals surface area (Å²) in [5, 5.41) is 5.18. The molecule has 0 atom stereocenters. The SMILES string of the molecule is Cc1cccc(NC2CCN(C(=O)NCC(F)(F)F)CC2)n1. The minimum Gasteiger partial charge on any atom is -0.367 e. The number of hydrogen-bond acceptors (Lipinski definition) is 3. The monoisotopic (exact) mass is 316 g/mol. The fraction of sp³-hybridized carbons (Fsp3) is 0.571. The highest BCUT2D eigenvalue weighted by Gasteiger charge is 2.30. The highest BCUT2D eigenvalue weighted by atomic mass is 19.4. The first-order chi connectivity index (χ1) is 10.3. The van der Waals surface area contributed by atoms with Crippen LogP contribution in [0.3, 0.4) is 0 Å². The quantitative estimate of drug-likeness (QED) is 0.901. The van der Waals surface area contributed by atoms with Gasteiger partial charge in [-0.2, -0.15) is 13.2 Å². The molecule has 1 fully saturated rings. The van der Waals surface area contributed by atoms with Gasteiger partial charge < -0.3 is 15.5 Å². The van der Waals surface area contributed by atoms with E-state index in [9.17, 15) is 18.0 Å². The van der Waals surface area contributed by atoms with Crippen LogP contribution in [0.2, 0.25) is 0 Å². The van der Waals surface area contributed by atoms with Crippen LogP contribution in [0.25, 0.3) is 0 Å². The predicted octanol–water partition coefficient (Wildman–Crippen LogP) is 2.54. The van der Waals surface area contributed by atoms with Crippen LogP contribution < -0.4 is 10.6 Å². The number of likely N-dealkylation sites (tertiary alicyclic amines) is 1. The van der Waals surface area contributed by atoms with E-state index in [-0.39, 0.29) is 6.04 Å². The number of nitrogens with zero attached hydrogens (tertiary/aromatic N) is 2. The van der Waals surface area contributed by atoms with Gasteiger partial charge in [0, 0.05) is 24.8 Å². The molecule has 1 aliphatic rings. The Morgan fingerprint density at radius 3 is 2.64 bits per heavy atom. The topological polar surface area (TPSA) is 57.3 Å². The van der Waals surface area contributed by atoms with E-state index in [1.807, 2.05) is 30.4 Å². The Hall–Kier alpha value is -1.99. The van der Waals surface area contributed by atoms with Gasteiger partial charge in [0.15, 0.2) is 0 Å². The van der Waals surface area contributed by atoms with Gasteiger partial charge in [0.1, 0.15) is 12.4 Å². The second-order valence-electron chi connectivity index (χ2n) is 5.34. The van der Waals surface area contributed by atoms with Crippen LogP contribution in [-0.2, 0) is 0 Å². The highest BCUT2D eigenvalue weighted by Crippen LogP contribution is 2.16. The molecule has 0 aromatic carbocycles. The molecule has 0 bridgehead atoms. The van der Waals surface area contributed by atoms with Crippen molar-refractivity contribution >= 4 is 11.8 Å². The molecule has 1 saturated heterocycles. The number of halogens is 3. The van der Waals surface area contributed by atoms with Crippen molar-refractivity contribution in [3.8, 4) is 0 Å². The van der Waals surface area contributed by atoms with Crippen molar-refractivity contribution in [2.75, 3.05) is 25.0 Å². The van der Waals surface area contributed by atoms with E-state index in [4.69, 9.17) is 0 Å². The summed E-state index contributed by atoms with van der Waals surface area (Å²) in [6, 6.07) is 5.18. The van der Waals surface area contributed by atoms with E-state index in [2.05, 4.69) is 10.3 Å². The number of carbonyl (C=O) groups excluding carboxylic acids is 1. The zero-order valence-electron chi connectivity index (χ0n) is 12.3. The molecule has 0 unspecified atom stereocenters. The van der Waals surface area contributed by atoms with Crippen molar-refractivity contribution < 1.29 is 18.0 Å². The smallest absolute Gasteiger partial charge is 0.367 e. The number of amides is 2. The van der Waals surface area contributed by atoms with Crippen molar-refractivity contribution in [2.24, 2.45) is 0 Å². The fourth-order valence-corrected chi connectivity index (χ4v) is 2.35. The maximum atomic E-state index is 12.1. The summed E-state index contributed by atoms with van der Waals surface area (Å²) < 4.78 is 36.2. The third-order valence-electron chi connectivity index (χ3n) is 3.46. The molecule has 2 heterocycles. The number of nitrogens with one attached hydrogen (secondary N) is 2. The highest BCUT2D eigenvalue weighted by molar-refractivity contribution is 5.74. The van der Waals surface area contributed by atoms with Crippen molar-refractivity contribution in [1.82, 2.24) is 15.2 Å². The number of anilines is 1. The van der Waals surface area contributed by atoms with Crippen LogP contribution in [0.1, 0.15) is 18.5 Å². The van der Waals surface area contributed by atoms with Crippen LogP contribution in [0, 0.1) is 6.92 Å². The van der Waals surface area contributed by atoms with Crippen molar-refractivity contribution in [1.29, 1.82) is 0 Å². The molecule has 0 saturated carbocycles. The van der Waals surface area contributed by atoms with Crippen LogP contribution in [0.5, 0.6) is 0 Å². The van der Waals surface area contributed by atoms with Gasteiger partial charge in [0.05, 0.1) is 0 Å². The largest absolute Gasteiger partial charge is 0.405 e. The van der Waals surface area contributed by atoms with Gasteiger partial charge in [-0.15, -0.1) is 0 Å². The summed E-state index contributed by atoms with van der Waals surface area (Å²) in [6.45, 7) is 1.45. The van der Waals surface area contributed by atoms with Gasteiger partial charge >= 0.3 is 12.2 Å². The van der Waals surface area contributed by atoms with Crippen LogP contribution in [0.4, 0.5) is 23.8 Å². The Bertz CT molecular complexity index is 513. The number of piperidine rings is 1. The molecular formula is C14H19F3N4O. The van der Waals surface area contributed by atoms with Gasteiger partial charge in [-0.05, 0) is 31.9 Å². The normalized spacial score (nSPS) is 16.5. The second kappa shape index (κ2) is 6.85. The Morgan fingerprint density at radius 1 is 1.36 bits per heavy atom. The second-order valence-corrected chi connectivity index (χ2v) is 5.34. The zero-order valence-corrected chi connectivity index (χ0v) is 12.3. The van der Waals surface area contributed by atoms with E-state index in [0.29, 0.717) is 25.9 Å². The number of hydrogen-bond donors (Lipinski definition) is 2. The molecule has 2 amide bonds. The fourth-order valence-electron chi connectivity index (χ4n) is 2.35. The van der Waals surface area contributed by atoms with E-state index in [0.717, 1.165) is 11.5 Å². The number of carbonyl (C=O) groups is 1. The van der Waals surface area contributed by atoms with Gasteiger partial charge in [-0.25, -0.2) is 9.78 Å². The lowest BCUT2D eigenvalue weighted by Gasteiger charge is -2.32. The lowest BCUT2D eigenvalue weighted by Crippen LogP contribution is -2.48. The first kappa shape index (κ1) is 16.4. The van der Waals surface area contributed by atoms with Gasteiger partial charge in [0.2, 0.25) is 0 Å². The van der Waals surface area contributed by atoms with E-state index in [1.165, 1.54) is 4.90 Å². The number of aryl methyl sites for hydroxylation is 1. The molecule has 2 rings (SSSR count). The summed E-state index contributed by atoms with van der Waals surface area (Å²) >= 11 is 0. The molecule has 2 N–H and O–H groups in total. The molecular weight excluding hydrogens is 297 g/mol. The molecule has 0 spiro atoms. The minimum atomic E-state index is -4.38. The Balaban J connectivity index is 1.77. The van der Waals surface area contributed by atoms with Gasteiger partial charge in [-0.1, -0.05) is 6.07 Å². The van der Waals surface area contributed by atoms with Crippen LogP contribution in [-0.4, -0.2) is 47.8 Å². The van der Waals surface area contributed by atoms with E-state index in [1.54, 1.807) is 0 Å². The van der Waals surface area contributed by atoms with Crippen molar-refractivity contribution in [3.05, 3.63) is 23.9 Å². The van der Waals surface area contributed by atoms with Gasteiger partial charge in [-0.3, -0.25) is 0 Å². The van der Waals surface area contributed by atoms with Crippen molar-refractivity contribution in [3.63, 3.8) is 0 Å². The third-order valence-corrected chi connectivity index (χ3v) is 3.46. The number of urea groups is 1. The molecule has 5 nitrogen and oxygen atoms in total. The van der Waals surface area contributed by atoms with Crippen LogP contribution in [0.15, 0.2) is 18.2 Å². The number of rotatable bonds is 3. The summed E-state index contributed by atoms with van der Waals surface area (Å²) in [5.41, 5.74) is 0.911. The number of alkyl halides is 3. The predicted molar refractivity (Wildman–Crippen MR) is 76.6 cm³/mol. The third kappa shape index (κ3) is 5.09. The molecule has 1 aliphatic heterocycles. The molecule has 22 heavy (non-hydrogen) atoms. The zero-order chi connectivity index (χ0) is 16.2. The molecule has 1 aromatic heterocycles. The first-order valence-corrected chi connectivity index (χ1v) is 7.13. The lowest BCUT2D eigenvalue weighted by atomic mass is 10.1. The molecule has 122 valence electrons. The number of pyridine rings is 1. The first-order valence-electron chi connectivity index (χ1n) is 7.13. The number of aromatic nitrogens is 1. The van der Waals surface area contributed by atoms with Crippen LogP contribution >= 0.6 is 0 Å². The Morgan fingerprint density at radius 2 is 2.05 bits per heavy atom. The summed E-state index contributed by atoms with van der Waals surface area (Å²) in [4.78, 5) is 17.4. The standard InChI is InChI=1S/C14H19F3N4O/c1-10-3-2-4-12(19-10)20-11-5-7-21(8-6-11)13(22)18-9-14(15,16)17/h2-4,11H,5-9H2,1H3,(H,18,22)(H,19,20). The maximum absolute atomic E-state index is 12.1. The Kier molecular flexibility index (Phi) is 5.10. The average molecular weight is 316 g/mol. The summed E-state index contributed by atoms with van der Waals surface area (Å²) in [6.07, 6.45) is -3.03. The lowest BCUT2D eigenvalue weighted by molar-refractivity contribution is -0.123. The van der Waals surface area contributed by atoms with E-state index < -0.39 is 18.8 Å².